The van der Waals surface area contributed by atoms with Crippen molar-refractivity contribution in [2.45, 2.75) is 19.9 Å². The van der Waals surface area contributed by atoms with E-state index >= 15 is 0 Å². The van der Waals surface area contributed by atoms with E-state index in [-0.39, 0.29) is 5.97 Å². The number of esters is 1. The molecule has 1 N–H and O–H groups in total. The van der Waals surface area contributed by atoms with Crippen LogP contribution in [0.1, 0.15) is 24.1 Å². The van der Waals surface area contributed by atoms with Gasteiger partial charge < -0.3 is 9.64 Å². The van der Waals surface area contributed by atoms with E-state index in [1.807, 2.05) is 46.1 Å². The minimum Gasteiger partial charge on any atom is -0.465 e. The zero-order valence-corrected chi connectivity index (χ0v) is 14.2. The van der Waals surface area contributed by atoms with Gasteiger partial charge in [0.1, 0.15) is 6.04 Å². The Kier molecular flexibility index (Phi) is 7.19. The van der Waals surface area contributed by atoms with Crippen LogP contribution in [-0.2, 0) is 9.53 Å². The highest BCUT2D eigenvalue weighted by Crippen LogP contribution is 2.22. The lowest BCUT2D eigenvalue weighted by Gasteiger charge is -2.19. The molecule has 0 heterocycles. The number of aryl methyl sites for hydroxylation is 1. The molecule has 112 valence electrons. The quantitative estimate of drug-likeness (QED) is 0.773. The van der Waals surface area contributed by atoms with Gasteiger partial charge in [-0.05, 0) is 45.1 Å². The van der Waals surface area contributed by atoms with Crippen LogP contribution >= 0.6 is 15.9 Å². The zero-order valence-electron chi connectivity index (χ0n) is 12.6. The highest BCUT2D eigenvalue weighted by molar-refractivity contribution is 9.10. The van der Waals surface area contributed by atoms with Crippen molar-refractivity contribution in [2.75, 3.05) is 33.8 Å². The second kappa shape index (κ2) is 8.39. The molecule has 20 heavy (non-hydrogen) atoms. The van der Waals surface area contributed by atoms with Gasteiger partial charge in [-0.25, -0.2) is 4.79 Å². The van der Waals surface area contributed by atoms with Crippen molar-refractivity contribution in [1.82, 2.24) is 10.2 Å². The number of carbonyl (C=O) groups is 1. The van der Waals surface area contributed by atoms with Crippen molar-refractivity contribution < 1.29 is 9.53 Å². The Labute approximate surface area is 129 Å². The molecule has 0 saturated heterocycles. The van der Waals surface area contributed by atoms with Crippen LogP contribution in [0.5, 0.6) is 0 Å². The van der Waals surface area contributed by atoms with Gasteiger partial charge in [0.25, 0.3) is 0 Å². The molecule has 0 aliphatic heterocycles. The summed E-state index contributed by atoms with van der Waals surface area (Å²) in [7, 11) is 4.01. The number of rotatable bonds is 7. The predicted molar refractivity (Wildman–Crippen MR) is 84.8 cm³/mol. The Morgan fingerprint density at radius 2 is 2.15 bits per heavy atom. The summed E-state index contributed by atoms with van der Waals surface area (Å²) in [4.78, 5) is 14.2. The predicted octanol–water partition coefficient (Wildman–Crippen LogP) is 2.51. The second-order valence-corrected chi connectivity index (χ2v) is 5.81. The molecule has 1 aromatic carbocycles. The number of nitrogens with one attached hydrogen (secondary N) is 1. The summed E-state index contributed by atoms with van der Waals surface area (Å²) in [6.07, 6.45) is 0. The Morgan fingerprint density at radius 1 is 1.45 bits per heavy atom. The van der Waals surface area contributed by atoms with Gasteiger partial charge in [0, 0.05) is 17.6 Å². The van der Waals surface area contributed by atoms with Crippen LogP contribution in [0.4, 0.5) is 0 Å². The van der Waals surface area contributed by atoms with Gasteiger partial charge >= 0.3 is 5.97 Å². The standard InChI is InChI=1S/C15H23BrN2O2/c1-5-20-15(19)14(17-8-9-18(3)4)12-7-6-11(2)13(16)10-12/h6-7,10,14,17H,5,8-9H2,1-4H3. The van der Waals surface area contributed by atoms with Gasteiger partial charge in [-0.15, -0.1) is 0 Å². The van der Waals surface area contributed by atoms with E-state index in [9.17, 15) is 4.79 Å². The molecule has 1 aromatic rings. The fourth-order valence-corrected chi connectivity index (χ4v) is 2.18. The third kappa shape index (κ3) is 5.23. The summed E-state index contributed by atoms with van der Waals surface area (Å²) in [5.74, 6) is -0.234. The number of nitrogens with zero attached hydrogens (tertiary/aromatic N) is 1. The maximum atomic E-state index is 12.1. The molecule has 5 heteroatoms. The summed E-state index contributed by atoms with van der Waals surface area (Å²) >= 11 is 3.51. The molecule has 0 bridgehead atoms. The van der Waals surface area contributed by atoms with E-state index in [1.165, 1.54) is 0 Å². The van der Waals surface area contributed by atoms with Crippen LogP contribution in [-0.4, -0.2) is 44.7 Å². The monoisotopic (exact) mass is 342 g/mol. The molecule has 1 rings (SSSR count). The van der Waals surface area contributed by atoms with Crippen LogP contribution < -0.4 is 5.32 Å². The molecule has 0 saturated carbocycles. The van der Waals surface area contributed by atoms with Gasteiger partial charge in [0.05, 0.1) is 6.61 Å². The molecule has 1 unspecified atom stereocenters. The van der Waals surface area contributed by atoms with Crippen molar-refractivity contribution in [2.24, 2.45) is 0 Å². The molecule has 0 aliphatic carbocycles. The van der Waals surface area contributed by atoms with E-state index in [2.05, 4.69) is 26.1 Å². The molecule has 4 nitrogen and oxygen atoms in total. The van der Waals surface area contributed by atoms with E-state index in [0.717, 1.165) is 28.7 Å². The highest BCUT2D eigenvalue weighted by atomic mass is 79.9. The topological polar surface area (TPSA) is 41.6 Å². The maximum absolute atomic E-state index is 12.1. The number of halogens is 1. The summed E-state index contributed by atoms with van der Waals surface area (Å²) in [6, 6.07) is 5.51. The Bertz CT molecular complexity index is 449. The molecule has 0 aliphatic rings. The SMILES string of the molecule is CCOC(=O)C(NCCN(C)C)c1ccc(C)c(Br)c1. The smallest absolute Gasteiger partial charge is 0.327 e. The second-order valence-electron chi connectivity index (χ2n) is 4.95. The zero-order chi connectivity index (χ0) is 15.1. The fraction of sp³-hybridized carbons (Fsp3) is 0.533. The van der Waals surface area contributed by atoms with E-state index < -0.39 is 6.04 Å². The third-order valence-corrected chi connectivity index (χ3v) is 3.81. The summed E-state index contributed by atoms with van der Waals surface area (Å²) in [5, 5.41) is 3.26. The van der Waals surface area contributed by atoms with E-state index in [0.29, 0.717) is 6.61 Å². The van der Waals surface area contributed by atoms with Gasteiger partial charge in [0.2, 0.25) is 0 Å². The van der Waals surface area contributed by atoms with Crippen LogP contribution in [0.25, 0.3) is 0 Å². The number of likely N-dealkylation sites (N-methyl/N-ethyl adjacent to an activating group) is 1. The lowest BCUT2D eigenvalue weighted by Crippen LogP contribution is -2.35. The van der Waals surface area contributed by atoms with Crippen LogP contribution in [0.2, 0.25) is 0 Å². The molecule has 0 aromatic heterocycles. The average molecular weight is 343 g/mol. The Balaban J connectivity index is 2.85. The summed E-state index contributed by atoms with van der Waals surface area (Å²) < 4.78 is 6.15. The van der Waals surface area contributed by atoms with Gasteiger partial charge in [0.15, 0.2) is 0 Å². The van der Waals surface area contributed by atoms with E-state index in [1.54, 1.807) is 0 Å². The molecule has 1 atom stereocenters. The molecular weight excluding hydrogens is 320 g/mol. The fourth-order valence-electron chi connectivity index (χ4n) is 1.78. The van der Waals surface area contributed by atoms with Crippen LogP contribution in [0.15, 0.2) is 22.7 Å². The number of ether oxygens (including phenoxy) is 1. The maximum Gasteiger partial charge on any atom is 0.327 e. The van der Waals surface area contributed by atoms with Gasteiger partial charge in [-0.1, -0.05) is 28.1 Å². The molecule has 0 amide bonds. The number of carbonyl (C=O) groups excluding carboxylic acids is 1. The van der Waals surface area contributed by atoms with Crippen molar-refractivity contribution in [3.63, 3.8) is 0 Å². The Morgan fingerprint density at radius 3 is 2.70 bits per heavy atom. The minimum atomic E-state index is -0.424. The number of hydrogen-bond donors (Lipinski definition) is 1. The first-order valence-electron chi connectivity index (χ1n) is 6.76. The normalized spacial score (nSPS) is 12.5. The molecular formula is C15H23BrN2O2. The summed E-state index contributed by atoms with van der Waals surface area (Å²) in [6.45, 7) is 5.81. The first-order chi connectivity index (χ1) is 9.45. The average Bonchev–Trinajstić information content (AvgIpc) is 2.38. The van der Waals surface area contributed by atoms with Crippen molar-refractivity contribution in [3.05, 3.63) is 33.8 Å². The molecule has 0 fully saturated rings. The Hall–Kier alpha value is -0.910. The number of hydrogen-bond acceptors (Lipinski definition) is 4. The van der Waals surface area contributed by atoms with Crippen molar-refractivity contribution >= 4 is 21.9 Å². The van der Waals surface area contributed by atoms with Crippen molar-refractivity contribution in [3.8, 4) is 0 Å². The minimum absolute atomic E-state index is 0.234. The van der Waals surface area contributed by atoms with Crippen LogP contribution in [0, 0.1) is 6.92 Å². The highest BCUT2D eigenvalue weighted by Gasteiger charge is 2.21. The lowest BCUT2D eigenvalue weighted by atomic mass is 10.1. The van der Waals surface area contributed by atoms with Crippen molar-refractivity contribution in [1.29, 1.82) is 0 Å². The first kappa shape index (κ1) is 17.1. The third-order valence-electron chi connectivity index (χ3n) is 2.96. The molecule has 0 radical (unpaired) electrons. The molecule has 0 spiro atoms. The van der Waals surface area contributed by atoms with E-state index in [4.69, 9.17) is 4.74 Å². The first-order valence-corrected chi connectivity index (χ1v) is 7.55. The largest absolute Gasteiger partial charge is 0.465 e. The summed E-state index contributed by atoms with van der Waals surface area (Å²) in [5.41, 5.74) is 2.06. The van der Waals surface area contributed by atoms with Crippen LogP contribution in [0.3, 0.4) is 0 Å². The lowest BCUT2D eigenvalue weighted by molar-refractivity contribution is -0.145. The van der Waals surface area contributed by atoms with Gasteiger partial charge in [-0.3, -0.25) is 5.32 Å². The van der Waals surface area contributed by atoms with Gasteiger partial charge in [-0.2, -0.15) is 0 Å². The number of benzene rings is 1.